The fraction of sp³-hybridized carbons (Fsp3) is 0.667. The zero-order chi connectivity index (χ0) is 13.9. The van der Waals surface area contributed by atoms with Gasteiger partial charge in [-0.05, 0) is 50.6 Å². The van der Waals surface area contributed by atoms with E-state index in [0.717, 1.165) is 6.54 Å². The van der Waals surface area contributed by atoms with Crippen LogP contribution < -0.4 is 5.32 Å². The summed E-state index contributed by atoms with van der Waals surface area (Å²) >= 11 is 0. The maximum Gasteiger partial charge on any atom is 0.0374 e. The fourth-order valence-electron chi connectivity index (χ4n) is 3.70. The van der Waals surface area contributed by atoms with Crippen molar-refractivity contribution in [2.75, 3.05) is 6.54 Å². The zero-order valence-corrected chi connectivity index (χ0v) is 13.1. The Kier molecular flexibility index (Phi) is 4.67. The lowest BCUT2D eigenvalue weighted by atomic mass is 9.76. The lowest BCUT2D eigenvalue weighted by Gasteiger charge is -2.36. The van der Waals surface area contributed by atoms with Crippen molar-refractivity contribution in [3.05, 3.63) is 34.9 Å². The Balaban J connectivity index is 2.30. The minimum Gasteiger partial charge on any atom is -0.309 e. The molecule has 0 aliphatic heterocycles. The SMILES string of the molecule is CCCNC(c1cc(C)cc(C)c1)C1(C)CCCC1. The first-order valence-corrected chi connectivity index (χ1v) is 7.87. The molecule has 19 heavy (non-hydrogen) atoms. The Morgan fingerprint density at radius 2 is 1.68 bits per heavy atom. The Bertz CT molecular complexity index is 395. The third-order valence-electron chi connectivity index (χ3n) is 4.62. The molecule has 1 aliphatic carbocycles. The van der Waals surface area contributed by atoms with Crippen LogP contribution in [-0.4, -0.2) is 6.54 Å². The highest BCUT2D eigenvalue weighted by molar-refractivity contribution is 5.32. The van der Waals surface area contributed by atoms with E-state index in [-0.39, 0.29) is 0 Å². The lowest BCUT2D eigenvalue weighted by Crippen LogP contribution is -2.35. The number of hydrogen-bond acceptors (Lipinski definition) is 1. The van der Waals surface area contributed by atoms with E-state index in [2.05, 4.69) is 51.2 Å². The molecule has 1 atom stereocenters. The monoisotopic (exact) mass is 259 g/mol. The highest BCUT2D eigenvalue weighted by Gasteiger charge is 2.37. The molecule has 0 aromatic heterocycles. The number of benzene rings is 1. The molecular formula is C18H29N. The van der Waals surface area contributed by atoms with Crippen molar-refractivity contribution in [1.29, 1.82) is 0 Å². The van der Waals surface area contributed by atoms with Crippen LogP contribution in [0.4, 0.5) is 0 Å². The Hall–Kier alpha value is -0.820. The van der Waals surface area contributed by atoms with E-state index in [1.807, 2.05) is 0 Å². The summed E-state index contributed by atoms with van der Waals surface area (Å²) in [4.78, 5) is 0. The van der Waals surface area contributed by atoms with E-state index in [4.69, 9.17) is 0 Å². The van der Waals surface area contributed by atoms with Crippen molar-refractivity contribution >= 4 is 0 Å². The van der Waals surface area contributed by atoms with Gasteiger partial charge in [-0.1, -0.05) is 56.0 Å². The average Bonchev–Trinajstić information content (AvgIpc) is 2.76. The molecule has 0 heterocycles. The molecule has 0 spiro atoms. The van der Waals surface area contributed by atoms with Gasteiger partial charge in [-0.15, -0.1) is 0 Å². The van der Waals surface area contributed by atoms with Crippen molar-refractivity contribution in [2.24, 2.45) is 5.41 Å². The van der Waals surface area contributed by atoms with E-state index >= 15 is 0 Å². The lowest BCUT2D eigenvalue weighted by molar-refractivity contribution is 0.223. The van der Waals surface area contributed by atoms with E-state index in [9.17, 15) is 0 Å². The van der Waals surface area contributed by atoms with Crippen LogP contribution in [0.5, 0.6) is 0 Å². The summed E-state index contributed by atoms with van der Waals surface area (Å²) in [6.45, 7) is 10.3. The number of rotatable bonds is 5. The van der Waals surface area contributed by atoms with Gasteiger partial charge in [0.05, 0.1) is 0 Å². The number of aryl methyl sites for hydroxylation is 2. The Morgan fingerprint density at radius 1 is 1.11 bits per heavy atom. The van der Waals surface area contributed by atoms with Crippen LogP contribution in [0.25, 0.3) is 0 Å². The zero-order valence-electron chi connectivity index (χ0n) is 13.1. The van der Waals surface area contributed by atoms with Gasteiger partial charge in [0.25, 0.3) is 0 Å². The molecule has 106 valence electrons. The molecule has 1 aliphatic rings. The molecule has 1 N–H and O–H groups in total. The molecule has 1 aromatic rings. The second-order valence-electron chi connectivity index (χ2n) is 6.67. The summed E-state index contributed by atoms with van der Waals surface area (Å²) in [5, 5.41) is 3.82. The Morgan fingerprint density at radius 3 is 2.21 bits per heavy atom. The maximum atomic E-state index is 3.82. The minimum absolute atomic E-state index is 0.440. The third-order valence-corrected chi connectivity index (χ3v) is 4.62. The van der Waals surface area contributed by atoms with Crippen LogP contribution in [0.3, 0.4) is 0 Å². The predicted molar refractivity (Wildman–Crippen MR) is 83.5 cm³/mol. The van der Waals surface area contributed by atoms with Crippen molar-refractivity contribution in [1.82, 2.24) is 5.32 Å². The summed E-state index contributed by atoms with van der Waals surface area (Å²) in [5.41, 5.74) is 4.71. The van der Waals surface area contributed by atoms with Crippen molar-refractivity contribution < 1.29 is 0 Å². The van der Waals surface area contributed by atoms with Gasteiger partial charge in [0.15, 0.2) is 0 Å². The molecule has 1 nitrogen and oxygen atoms in total. The largest absolute Gasteiger partial charge is 0.309 e. The first-order valence-electron chi connectivity index (χ1n) is 7.87. The van der Waals surface area contributed by atoms with Gasteiger partial charge in [0.2, 0.25) is 0 Å². The molecule has 1 aromatic carbocycles. The first-order chi connectivity index (χ1) is 9.05. The molecule has 0 radical (unpaired) electrons. The molecule has 0 saturated heterocycles. The second-order valence-corrected chi connectivity index (χ2v) is 6.67. The minimum atomic E-state index is 0.440. The van der Waals surface area contributed by atoms with Gasteiger partial charge in [-0.2, -0.15) is 0 Å². The number of hydrogen-bond donors (Lipinski definition) is 1. The van der Waals surface area contributed by atoms with Crippen LogP contribution in [0, 0.1) is 19.3 Å². The van der Waals surface area contributed by atoms with Gasteiger partial charge in [0, 0.05) is 6.04 Å². The predicted octanol–water partition coefficient (Wildman–Crippen LogP) is 4.92. The summed E-state index contributed by atoms with van der Waals surface area (Å²) in [5.74, 6) is 0. The first kappa shape index (κ1) is 14.6. The smallest absolute Gasteiger partial charge is 0.0374 e. The van der Waals surface area contributed by atoms with Crippen molar-refractivity contribution in [3.8, 4) is 0 Å². The highest BCUT2D eigenvalue weighted by Crippen LogP contribution is 2.47. The molecule has 1 fully saturated rings. The van der Waals surface area contributed by atoms with Gasteiger partial charge >= 0.3 is 0 Å². The van der Waals surface area contributed by atoms with Crippen molar-refractivity contribution in [3.63, 3.8) is 0 Å². The van der Waals surface area contributed by atoms with E-state index in [1.54, 1.807) is 0 Å². The van der Waals surface area contributed by atoms with E-state index in [1.165, 1.54) is 48.8 Å². The molecule has 1 saturated carbocycles. The second kappa shape index (κ2) is 6.09. The summed E-state index contributed by atoms with van der Waals surface area (Å²) in [7, 11) is 0. The Labute approximate surface area is 118 Å². The quantitative estimate of drug-likeness (QED) is 0.791. The summed E-state index contributed by atoms with van der Waals surface area (Å²) < 4.78 is 0. The molecule has 1 unspecified atom stereocenters. The van der Waals surface area contributed by atoms with Crippen LogP contribution in [0.15, 0.2) is 18.2 Å². The van der Waals surface area contributed by atoms with Gasteiger partial charge in [-0.3, -0.25) is 0 Å². The normalized spacial score (nSPS) is 19.6. The maximum absolute atomic E-state index is 3.82. The molecule has 2 rings (SSSR count). The third kappa shape index (κ3) is 3.39. The van der Waals surface area contributed by atoms with Crippen molar-refractivity contribution in [2.45, 2.75) is 65.8 Å². The fourth-order valence-corrected chi connectivity index (χ4v) is 3.70. The van der Waals surface area contributed by atoms with Gasteiger partial charge in [0.1, 0.15) is 0 Å². The topological polar surface area (TPSA) is 12.0 Å². The molecule has 0 amide bonds. The summed E-state index contributed by atoms with van der Waals surface area (Å²) in [6.07, 6.45) is 6.72. The van der Waals surface area contributed by atoms with Crippen LogP contribution in [0.2, 0.25) is 0 Å². The van der Waals surface area contributed by atoms with Gasteiger partial charge < -0.3 is 5.32 Å². The van der Waals surface area contributed by atoms with Crippen LogP contribution in [0.1, 0.15) is 68.7 Å². The van der Waals surface area contributed by atoms with Crippen LogP contribution in [-0.2, 0) is 0 Å². The average molecular weight is 259 g/mol. The van der Waals surface area contributed by atoms with E-state index in [0.29, 0.717) is 11.5 Å². The highest BCUT2D eigenvalue weighted by atomic mass is 14.9. The van der Waals surface area contributed by atoms with Gasteiger partial charge in [-0.25, -0.2) is 0 Å². The summed E-state index contributed by atoms with van der Waals surface area (Å²) in [6, 6.07) is 7.55. The van der Waals surface area contributed by atoms with Crippen LogP contribution >= 0.6 is 0 Å². The standard InChI is InChI=1S/C18H29N/c1-5-10-19-17(18(4)8-6-7-9-18)16-12-14(2)11-15(3)13-16/h11-13,17,19H,5-10H2,1-4H3. The molecular weight excluding hydrogens is 230 g/mol. The van der Waals surface area contributed by atoms with E-state index < -0.39 is 0 Å². The molecule has 0 bridgehead atoms. The molecule has 1 heteroatoms. The number of nitrogens with one attached hydrogen (secondary N) is 1.